The smallest absolute Gasteiger partial charge is 0.322 e. The number of anilines is 1. The molecule has 0 radical (unpaired) electrons. The normalized spacial score (nSPS) is 10.9. The van der Waals surface area contributed by atoms with Crippen LogP contribution in [0.5, 0.6) is 0 Å². The van der Waals surface area contributed by atoms with Gasteiger partial charge >= 0.3 is 5.69 Å². The highest BCUT2D eigenvalue weighted by Crippen LogP contribution is 2.13. The minimum Gasteiger partial charge on any atom is -0.322 e. The number of nitrogens with zero attached hydrogens (tertiary/aromatic N) is 3. The number of carbonyl (C=O) groups excluding carboxylic acids is 1. The van der Waals surface area contributed by atoms with E-state index in [4.69, 9.17) is 0 Å². The van der Waals surface area contributed by atoms with Gasteiger partial charge in [0.2, 0.25) is 5.91 Å². The van der Waals surface area contributed by atoms with Crippen LogP contribution in [0.2, 0.25) is 0 Å². The van der Waals surface area contributed by atoms with Gasteiger partial charge in [-0.15, -0.1) is 0 Å². The van der Waals surface area contributed by atoms with Crippen molar-refractivity contribution in [3.63, 3.8) is 0 Å². The zero-order valence-electron chi connectivity index (χ0n) is 12.5. The number of hydrogen-bond donors (Lipinski definition) is 1. The van der Waals surface area contributed by atoms with Gasteiger partial charge in [-0.1, -0.05) is 12.1 Å². The van der Waals surface area contributed by atoms with Gasteiger partial charge < -0.3 is 5.32 Å². The number of halogens is 1. The number of carbonyl (C=O) groups is 1. The van der Waals surface area contributed by atoms with Crippen LogP contribution < -0.4 is 11.0 Å². The summed E-state index contributed by atoms with van der Waals surface area (Å²) in [6.45, 7) is 2.08. The summed E-state index contributed by atoms with van der Waals surface area (Å²) in [5.41, 5.74) is 0.870. The molecule has 6 nitrogen and oxygen atoms in total. The number of aromatic nitrogens is 3. The number of fused-ring (bicyclic) bond motifs is 1. The second-order valence-corrected chi connectivity index (χ2v) is 4.99. The molecule has 2 heterocycles. The molecule has 0 saturated carbocycles. The van der Waals surface area contributed by atoms with Crippen molar-refractivity contribution in [3.05, 3.63) is 58.9 Å². The Morgan fingerprint density at radius 1 is 1.22 bits per heavy atom. The van der Waals surface area contributed by atoms with E-state index in [0.29, 0.717) is 17.7 Å². The summed E-state index contributed by atoms with van der Waals surface area (Å²) >= 11 is 0. The van der Waals surface area contributed by atoms with Gasteiger partial charge in [0, 0.05) is 12.7 Å². The lowest BCUT2D eigenvalue weighted by Gasteiger charge is -2.06. The monoisotopic (exact) mass is 314 g/mol. The summed E-state index contributed by atoms with van der Waals surface area (Å²) < 4.78 is 16.4. The second kappa shape index (κ2) is 6.04. The fourth-order valence-electron chi connectivity index (χ4n) is 2.48. The fraction of sp³-hybridized carbons (Fsp3) is 0.188. The van der Waals surface area contributed by atoms with Crippen molar-refractivity contribution in [1.82, 2.24) is 14.1 Å². The Morgan fingerprint density at radius 3 is 2.74 bits per heavy atom. The van der Waals surface area contributed by atoms with Crippen molar-refractivity contribution in [1.29, 1.82) is 0 Å². The number of benzene rings is 1. The first-order valence-corrected chi connectivity index (χ1v) is 7.20. The molecule has 0 bridgehead atoms. The number of imidazole rings is 1. The molecule has 1 amide bonds. The Morgan fingerprint density at radius 2 is 2.00 bits per heavy atom. The standard InChI is InChI=1S/C16H15FN4O2/c1-2-20-15-13(8-5-9-18-15)21(16(20)23)10-14(22)19-12-7-4-3-6-11(12)17/h3-9H,2,10H2,1H3,(H,19,22). The van der Waals surface area contributed by atoms with E-state index >= 15 is 0 Å². The summed E-state index contributed by atoms with van der Waals surface area (Å²) in [5.74, 6) is -0.998. The number of nitrogens with one attached hydrogen (secondary N) is 1. The predicted molar refractivity (Wildman–Crippen MR) is 84.7 cm³/mol. The van der Waals surface area contributed by atoms with E-state index in [-0.39, 0.29) is 17.9 Å². The molecule has 3 rings (SSSR count). The number of para-hydroxylation sites is 1. The van der Waals surface area contributed by atoms with E-state index in [0.717, 1.165) is 0 Å². The van der Waals surface area contributed by atoms with Gasteiger partial charge in [-0.05, 0) is 31.2 Å². The molecule has 0 aliphatic carbocycles. The maximum atomic E-state index is 13.6. The van der Waals surface area contributed by atoms with Gasteiger partial charge in [0.25, 0.3) is 0 Å². The molecule has 1 N–H and O–H groups in total. The Balaban J connectivity index is 1.93. The van der Waals surface area contributed by atoms with E-state index in [2.05, 4.69) is 10.3 Å². The Hall–Kier alpha value is -2.96. The van der Waals surface area contributed by atoms with Gasteiger partial charge in [-0.3, -0.25) is 13.9 Å². The lowest BCUT2D eigenvalue weighted by atomic mass is 10.3. The lowest BCUT2D eigenvalue weighted by Crippen LogP contribution is -2.29. The van der Waals surface area contributed by atoms with Crippen LogP contribution >= 0.6 is 0 Å². The molecule has 0 fully saturated rings. The van der Waals surface area contributed by atoms with Crippen molar-refractivity contribution >= 4 is 22.8 Å². The summed E-state index contributed by atoms with van der Waals surface area (Å²) in [6, 6.07) is 9.31. The molecular formula is C16H15FN4O2. The van der Waals surface area contributed by atoms with Crippen molar-refractivity contribution in [2.45, 2.75) is 20.0 Å². The van der Waals surface area contributed by atoms with Crippen LogP contribution in [0.25, 0.3) is 11.2 Å². The van der Waals surface area contributed by atoms with Crippen LogP contribution in [0.3, 0.4) is 0 Å². The van der Waals surface area contributed by atoms with E-state index in [1.54, 1.807) is 24.4 Å². The zero-order valence-corrected chi connectivity index (χ0v) is 12.5. The van der Waals surface area contributed by atoms with Crippen molar-refractivity contribution in [2.24, 2.45) is 0 Å². The molecular weight excluding hydrogens is 299 g/mol. The second-order valence-electron chi connectivity index (χ2n) is 4.99. The molecule has 7 heteroatoms. The molecule has 0 aliphatic heterocycles. The Bertz CT molecular complexity index is 929. The molecule has 0 spiro atoms. The van der Waals surface area contributed by atoms with Crippen LogP contribution in [0.4, 0.5) is 10.1 Å². The van der Waals surface area contributed by atoms with Crippen LogP contribution in [0.15, 0.2) is 47.4 Å². The molecule has 3 aromatic rings. The van der Waals surface area contributed by atoms with Crippen LogP contribution in [0, 0.1) is 5.82 Å². The third-order valence-electron chi connectivity index (χ3n) is 3.54. The molecule has 1 aromatic carbocycles. The Labute approximate surface area is 131 Å². The summed E-state index contributed by atoms with van der Waals surface area (Å²) in [5, 5.41) is 2.47. The highest BCUT2D eigenvalue weighted by molar-refractivity contribution is 5.91. The summed E-state index contributed by atoms with van der Waals surface area (Å²) in [4.78, 5) is 28.8. The molecule has 0 saturated heterocycles. The van der Waals surface area contributed by atoms with Gasteiger partial charge in [-0.25, -0.2) is 14.2 Å². The SMILES string of the molecule is CCn1c(=O)n(CC(=O)Nc2ccccc2F)c2cccnc21. The minimum absolute atomic E-state index is 0.0860. The largest absolute Gasteiger partial charge is 0.330 e. The first-order chi connectivity index (χ1) is 11.1. The summed E-state index contributed by atoms with van der Waals surface area (Å²) in [6.07, 6.45) is 1.59. The quantitative estimate of drug-likeness (QED) is 0.801. The first kappa shape index (κ1) is 15.0. The minimum atomic E-state index is -0.522. The molecule has 118 valence electrons. The number of aryl methyl sites for hydroxylation is 1. The predicted octanol–water partition coefficient (Wildman–Crippen LogP) is 2.00. The fourth-order valence-corrected chi connectivity index (χ4v) is 2.48. The summed E-state index contributed by atoms with van der Waals surface area (Å²) in [7, 11) is 0. The average molecular weight is 314 g/mol. The van der Waals surface area contributed by atoms with E-state index < -0.39 is 11.7 Å². The van der Waals surface area contributed by atoms with E-state index in [1.165, 1.54) is 27.3 Å². The number of pyridine rings is 1. The van der Waals surface area contributed by atoms with Gasteiger partial charge in [0.15, 0.2) is 5.65 Å². The molecule has 23 heavy (non-hydrogen) atoms. The van der Waals surface area contributed by atoms with Crippen molar-refractivity contribution in [3.8, 4) is 0 Å². The maximum Gasteiger partial charge on any atom is 0.330 e. The molecule has 2 aromatic heterocycles. The topological polar surface area (TPSA) is 68.9 Å². The third kappa shape index (κ3) is 2.73. The third-order valence-corrected chi connectivity index (χ3v) is 3.54. The van der Waals surface area contributed by atoms with Gasteiger partial charge in [0.1, 0.15) is 12.4 Å². The van der Waals surface area contributed by atoms with Gasteiger partial charge in [-0.2, -0.15) is 0 Å². The Kier molecular flexibility index (Phi) is 3.92. The number of amides is 1. The molecule has 0 unspecified atom stereocenters. The van der Waals surface area contributed by atoms with Crippen molar-refractivity contribution < 1.29 is 9.18 Å². The molecule has 0 aliphatic rings. The van der Waals surface area contributed by atoms with Crippen molar-refractivity contribution in [2.75, 3.05) is 5.32 Å². The lowest BCUT2D eigenvalue weighted by molar-refractivity contribution is -0.116. The molecule has 0 atom stereocenters. The van der Waals surface area contributed by atoms with E-state index in [1.807, 2.05) is 6.92 Å². The average Bonchev–Trinajstić information content (AvgIpc) is 2.81. The van der Waals surface area contributed by atoms with Gasteiger partial charge in [0.05, 0.1) is 11.2 Å². The first-order valence-electron chi connectivity index (χ1n) is 7.20. The highest BCUT2D eigenvalue weighted by atomic mass is 19.1. The zero-order chi connectivity index (χ0) is 16.4. The highest BCUT2D eigenvalue weighted by Gasteiger charge is 2.16. The van der Waals surface area contributed by atoms with E-state index in [9.17, 15) is 14.0 Å². The maximum absolute atomic E-state index is 13.6. The van der Waals surface area contributed by atoms with Crippen LogP contribution in [0.1, 0.15) is 6.92 Å². The van der Waals surface area contributed by atoms with Crippen LogP contribution in [-0.4, -0.2) is 20.0 Å². The van der Waals surface area contributed by atoms with Crippen LogP contribution in [-0.2, 0) is 17.9 Å². The number of hydrogen-bond acceptors (Lipinski definition) is 3. The number of rotatable bonds is 4.